The maximum Gasteiger partial charge on any atom is 0.0606 e. The number of hydrogen-bond donors (Lipinski definition) is 0. The normalized spacial score (nSPS) is 12.0. The van der Waals surface area contributed by atoms with Gasteiger partial charge in [0.1, 0.15) is 0 Å². The fourth-order valence-corrected chi connectivity index (χ4v) is 2.44. The molecule has 0 radical (unpaired) electrons. The molecule has 4 aromatic rings. The van der Waals surface area contributed by atoms with Gasteiger partial charge in [-0.2, -0.15) is 0 Å². The third-order valence-corrected chi connectivity index (χ3v) is 3.13. The van der Waals surface area contributed by atoms with Crippen LogP contribution < -0.4 is 0 Å². The Kier molecular flexibility index (Phi) is 1.13. The van der Waals surface area contributed by atoms with Crippen LogP contribution in [0.5, 0.6) is 0 Å². The Morgan fingerprint density at radius 1 is 0.600 bits per heavy atom. The molecule has 0 bridgehead atoms. The Bertz CT molecular complexity index is 704. The van der Waals surface area contributed by atoms with E-state index in [1.165, 1.54) is 27.3 Å². The molecule has 0 unspecified atom stereocenters. The van der Waals surface area contributed by atoms with E-state index >= 15 is 0 Å². The molecule has 0 aliphatic heterocycles. The van der Waals surface area contributed by atoms with Crippen LogP contribution in [0.2, 0.25) is 0 Å². The van der Waals surface area contributed by atoms with E-state index in [1.54, 1.807) is 0 Å². The molecule has 15 heavy (non-hydrogen) atoms. The SMILES string of the molecule is c1cc2ccc3ccc4ccc(c1)c2n34. The van der Waals surface area contributed by atoms with Gasteiger partial charge in [0, 0.05) is 11.0 Å². The van der Waals surface area contributed by atoms with Gasteiger partial charge in [0.25, 0.3) is 0 Å². The largest absolute Gasteiger partial charge is 0.309 e. The van der Waals surface area contributed by atoms with Crippen LogP contribution in [0, 0.1) is 0 Å². The van der Waals surface area contributed by atoms with E-state index < -0.39 is 0 Å². The van der Waals surface area contributed by atoms with Gasteiger partial charge in [-0.1, -0.05) is 30.3 Å². The van der Waals surface area contributed by atoms with Crippen molar-refractivity contribution in [2.75, 3.05) is 0 Å². The Morgan fingerprint density at radius 3 is 1.73 bits per heavy atom. The molecule has 0 saturated carbocycles. The highest BCUT2D eigenvalue weighted by molar-refractivity contribution is 5.99. The van der Waals surface area contributed by atoms with Gasteiger partial charge >= 0.3 is 0 Å². The zero-order valence-electron chi connectivity index (χ0n) is 8.14. The number of hydrogen-bond acceptors (Lipinski definition) is 0. The number of para-hydroxylation sites is 1. The molecule has 70 valence electrons. The highest BCUT2D eigenvalue weighted by Gasteiger charge is 2.05. The molecule has 1 heteroatoms. The Labute approximate surface area is 86.9 Å². The summed E-state index contributed by atoms with van der Waals surface area (Å²) >= 11 is 0. The minimum absolute atomic E-state index is 1.27. The predicted molar refractivity (Wildman–Crippen MR) is 63.6 cm³/mol. The average molecular weight is 191 g/mol. The third kappa shape index (κ3) is 0.785. The second kappa shape index (κ2) is 2.31. The number of nitrogens with zero attached hydrogens (tertiary/aromatic N) is 1. The van der Waals surface area contributed by atoms with Crippen molar-refractivity contribution in [2.45, 2.75) is 0 Å². The lowest BCUT2D eigenvalue weighted by Crippen LogP contribution is -1.89. The smallest absolute Gasteiger partial charge is 0.0606 e. The molecule has 3 aromatic heterocycles. The van der Waals surface area contributed by atoms with Crippen LogP contribution in [0.1, 0.15) is 0 Å². The molecule has 0 amide bonds. The van der Waals surface area contributed by atoms with E-state index in [-0.39, 0.29) is 0 Å². The zero-order valence-corrected chi connectivity index (χ0v) is 8.14. The van der Waals surface area contributed by atoms with Gasteiger partial charge in [-0.05, 0) is 35.0 Å². The van der Waals surface area contributed by atoms with Crippen LogP contribution in [-0.4, -0.2) is 4.40 Å². The number of aromatic nitrogens is 1. The summed E-state index contributed by atoms with van der Waals surface area (Å²) in [7, 11) is 0. The molecule has 0 spiro atoms. The predicted octanol–water partition coefficient (Wildman–Crippen LogP) is 3.68. The molecule has 0 aliphatic rings. The number of benzene rings is 1. The lowest BCUT2D eigenvalue weighted by atomic mass is 10.1. The van der Waals surface area contributed by atoms with Crippen molar-refractivity contribution in [3.63, 3.8) is 0 Å². The summed E-state index contributed by atoms with van der Waals surface area (Å²) in [4.78, 5) is 0. The quantitative estimate of drug-likeness (QED) is 0.399. The van der Waals surface area contributed by atoms with Crippen LogP contribution in [-0.2, 0) is 0 Å². The molecule has 1 aromatic carbocycles. The van der Waals surface area contributed by atoms with Crippen LogP contribution in [0.3, 0.4) is 0 Å². The molecular formula is C14H9N. The van der Waals surface area contributed by atoms with Gasteiger partial charge in [-0.3, -0.25) is 0 Å². The van der Waals surface area contributed by atoms with Gasteiger partial charge in [-0.25, -0.2) is 0 Å². The maximum absolute atomic E-state index is 2.32. The molecular weight excluding hydrogens is 182 g/mol. The van der Waals surface area contributed by atoms with Crippen LogP contribution in [0.25, 0.3) is 27.3 Å². The molecule has 0 atom stereocenters. The average Bonchev–Trinajstić information content (AvgIpc) is 2.71. The minimum Gasteiger partial charge on any atom is -0.309 e. The van der Waals surface area contributed by atoms with Crippen LogP contribution >= 0.6 is 0 Å². The monoisotopic (exact) mass is 191 g/mol. The first-order valence-electron chi connectivity index (χ1n) is 5.15. The van der Waals surface area contributed by atoms with E-state index in [0.717, 1.165) is 0 Å². The zero-order chi connectivity index (χ0) is 9.83. The van der Waals surface area contributed by atoms with E-state index in [4.69, 9.17) is 0 Å². The van der Waals surface area contributed by atoms with E-state index in [9.17, 15) is 0 Å². The van der Waals surface area contributed by atoms with Crippen molar-refractivity contribution in [2.24, 2.45) is 0 Å². The summed E-state index contributed by atoms with van der Waals surface area (Å²) < 4.78 is 2.32. The third-order valence-electron chi connectivity index (χ3n) is 3.13. The number of rotatable bonds is 0. The molecule has 0 N–H and O–H groups in total. The van der Waals surface area contributed by atoms with E-state index in [2.05, 4.69) is 59.0 Å². The highest BCUT2D eigenvalue weighted by atomic mass is 14.9. The Balaban J connectivity index is 2.54. The van der Waals surface area contributed by atoms with Crippen molar-refractivity contribution in [3.05, 3.63) is 54.6 Å². The first kappa shape index (κ1) is 7.30. The summed E-state index contributed by atoms with van der Waals surface area (Å²) in [5.74, 6) is 0. The molecule has 0 saturated heterocycles. The number of pyridine rings is 2. The lowest BCUT2D eigenvalue weighted by molar-refractivity contribution is 1.33. The van der Waals surface area contributed by atoms with Gasteiger partial charge in [0.2, 0.25) is 0 Å². The fourth-order valence-electron chi connectivity index (χ4n) is 2.44. The van der Waals surface area contributed by atoms with E-state index in [1.807, 2.05) is 0 Å². The van der Waals surface area contributed by atoms with Crippen molar-refractivity contribution in [3.8, 4) is 0 Å². The van der Waals surface area contributed by atoms with Crippen molar-refractivity contribution in [1.29, 1.82) is 0 Å². The summed E-state index contributed by atoms with van der Waals surface area (Å²) in [6.07, 6.45) is 0. The molecule has 1 nitrogen and oxygen atoms in total. The molecule has 3 heterocycles. The summed E-state index contributed by atoms with van der Waals surface area (Å²) in [6, 6.07) is 19.5. The van der Waals surface area contributed by atoms with Crippen molar-refractivity contribution >= 4 is 27.3 Å². The summed E-state index contributed by atoms with van der Waals surface area (Å²) in [6.45, 7) is 0. The standard InChI is InChI=1S/C14H9N/c1-2-10-4-6-12-8-9-13-7-5-11(3-1)14(10)15(12)13/h1-9H. The summed E-state index contributed by atoms with van der Waals surface area (Å²) in [5, 5.41) is 2.61. The van der Waals surface area contributed by atoms with Crippen molar-refractivity contribution in [1.82, 2.24) is 4.40 Å². The van der Waals surface area contributed by atoms with Crippen LogP contribution in [0.15, 0.2) is 54.6 Å². The topological polar surface area (TPSA) is 4.41 Å². The second-order valence-corrected chi connectivity index (χ2v) is 3.97. The Hall–Kier alpha value is -2.02. The van der Waals surface area contributed by atoms with Gasteiger partial charge in [0.15, 0.2) is 0 Å². The first-order valence-corrected chi connectivity index (χ1v) is 5.15. The van der Waals surface area contributed by atoms with Gasteiger partial charge < -0.3 is 4.40 Å². The lowest BCUT2D eigenvalue weighted by Gasteiger charge is -2.08. The molecule has 0 fully saturated rings. The molecule has 4 rings (SSSR count). The second-order valence-electron chi connectivity index (χ2n) is 3.97. The van der Waals surface area contributed by atoms with E-state index in [0.29, 0.717) is 0 Å². The van der Waals surface area contributed by atoms with Crippen molar-refractivity contribution < 1.29 is 0 Å². The maximum atomic E-state index is 2.32. The fraction of sp³-hybridized carbons (Fsp3) is 0. The molecule has 0 aliphatic carbocycles. The first-order chi connectivity index (χ1) is 7.43. The minimum atomic E-state index is 1.27. The van der Waals surface area contributed by atoms with Crippen LogP contribution in [0.4, 0.5) is 0 Å². The Morgan fingerprint density at radius 2 is 1.13 bits per heavy atom. The summed E-state index contributed by atoms with van der Waals surface area (Å²) in [5.41, 5.74) is 3.88. The highest BCUT2D eigenvalue weighted by Crippen LogP contribution is 2.26. The van der Waals surface area contributed by atoms with Gasteiger partial charge in [-0.15, -0.1) is 0 Å². The van der Waals surface area contributed by atoms with Gasteiger partial charge in [0.05, 0.1) is 5.52 Å².